The van der Waals surface area contributed by atoms with Crippen molar-refractivity contribution in [1.29, 1.82) is 0 Å². The number of anilines is 1. The molecule has 0 amide bonds. The Morgan fingerprint density at radius 3 is 2.74 bits per heavy atom. The topological polar surface area (TPSA) is 34.1 Å². The van der Waals surface area contributed by atoms with Gasteiger partial charge in [-0.25, -0.2) is 4.98 Å². The van der Waals surface area contributed by atoms with Gasteiger partial charge in [-0.15, -0.1) is 0 Å². The van der Waals surface area contributed by atoms with Gasteiger partial charge in [0.15, 0.2) is 0 Å². The fraction of sp³-hybridized carbons (Fsp3) is 0.312. The van der Waals surface area contributed by atoms with E-state index in [-0.39, 0.29) is 0 Å². The van der Waals surface area contributed by atoms with Crippen LogP contribution in [0, 0.1) is 0 Å². The zero-order valence-corrected chi connectivity index (χ0v) is 11.1. The van der Waals surface area contributed by atoms with Crippen molar-refractivity contribution in [2.45, 2.75) is 25.3 Å². The highest BCUT2D eigenvalue weighted by Crippen LogP contribution is 2.23. The smallest absolute Gasteiger partial charge is 0.137 e. The van der Waals surface area contributed by atoms with E-state index in [0.29, 0.717) is 6.04 Å². The second kappa shape index (κ2) is 5.31. The molecule has 3 rings (SSSR count). The highest BCUT2D eigenvalue weighted by Gasteiger charge is 2.18. The number of hydrogen-bond donors (Lipinski definition) is 1. The van der Waals surface area contributed by atoms with Gasteiger partial charge in [-0.05, 0) is 42.5 Å². The standard InChI is InChI=1S/C16H18N2O/c1-19-15-8-9-16(17-11-15)18-14-7-6-12-4-2-3-5-13(12)10-14/h2-5,8-9,11,14H,6-7,10H2,1H3,(H,17,18). The first-order valence-electron chi connectivity index (χ1n) is 6.68. The van der Waals surface area contributed by atoms with Gasteiger partial charge in [-0.3, -0.25) is 0 Å². The van der Waals surface area contributed by atoms with Crippen molar-refractivity contribution in [2.75, 3.05) is 12.4 Å². The molecule has 1 atom stereocenters. The number of fused-ring (bicyclic) bond motifs is 1. The second-order valence-electron chi connectivity index (χ2n) is 4.94. The van der Waals surface area contributed by atoms with E-state index in [1.165, 1.54) is 11.1 Å². The lowest BCUT2D eigenvalue weighted by molar-refractivity contribution is 0.413. The minimum Gasteiger partial charge on any atom is -0.495 e. The maximum absolute atomic E-state index is 5.12. The summed E-state index contributed by atoms with van der Waals surface area (Å²) in [5.41, 5.74) is 2.95. The molecule has 98 valence electrons. The minimum absolute atomic E-state index is 0.468. The molecule has 0 spiro atoms. The number of nitrogens with zero attached hydrogens (tertiary/aromatic N) is 1. The number of aromatic nitrogens is 1. The summed E-state index contributed by atoms with van der Waals surface area (Å²) in [6, 6.07) is 13.1. The lowest BCUT2D eigenvalue weighted by Crippen LogP contribution is -2.27. The largest absolute Gasteiger partial charge is 0.495 e. The lowest BCUT2D eigenvalue weighted by atomic mass is 9.88. The highest BCUT2D eigenvalue weighted by atomic mass is 16.5. The number of ether oxygens (including phenoxy) is 1. The summed E-state index contributed by atoms with van der Waals surface area (Å²) < 4.78 is 5.12. The van der Waals surface area contributed by atoms with Gasteiger partial charge in [0.25, 0.3) is 0 Å². The molecule has 0 aliphatic heterocycles. The first-order valence-corrected chi connectivity index (χ1v) is 6.68. The van der Waals surface area contributed by atoms with Gasteiger partial charge in [0, 0.05) is 6.04 Å². The van der Waals surface area contributed by atoms with Crippen LogP contribution in [0.3, 0.4) is 0 Å². The zero-order chi connectivity index (χ0) is 13.1. The monoisotopic (exact) mass is 254 g/mol. The van der Waals surface area contributed by atoms with Crippen LogP contribution in [0.25, 0.3) is 0 Å². The van der Waals surface area contributed by atoms with E-state index < -0.39 is 0 Å². The third-order valence-electron chi connectivity index (χ3n) is 3.67. The van der Waals surface area contributed by atoms with Crippen LogP contribution in [0.2, 0.25) is 0 Å². The van der Waals surface area contributed by atoms with Gasteiger partial charge in [0.05, 0.1) is 13.3 Å². The van der Waals surface area contributed by atoms with Gasteiger partial charge in [-0.2, -0.15) is 0 Å². The maximum Gasteiger partial charge on any atom is 0.137 e. The van der Waals surface area contributed by atoms with Crippen LogP contribution >= 0.6 is 0 Å². The molecule has 1 aliphatic carbocycles. The maximum atomic E-state index is 5.12. The first-order chi connectivity index (χ1) is 9.35. The third-order valence-corrected chi connectivity index (χ3v) is 3.67. The summed E-state index contributed by atoms with van der Waals surface area (Å²) in [7, 11) is 1.65. The van der Waals surface area contributed by atoms with E-state index >= 15 is 0 Å². The number of hydrogen-bond acceptors (Lipinski definition) is 3. The SMILES string of the molecule is COc1ccc(NC2CCc3ccccc3C2)nc1. The average molecular weight is 254 g/mol. The van der Waals surface area contributed by atoms with Gasteiger partial charge in [0.2, 0.25) is 0 Å². The summed E-state index contributed by atoms with van der Waals surface area (Å²) in [6.07, 6.45) is 5.12. The number of methoxy groups -OCH3 is 1. The van der Waals surface area contributed by atoms with Gasteiger partial charge >= 0.3 is 0 Å². The fourth-order valence-corrected chi connectivity index (χ4v) is 2.62. The number of pyridine rings is 1. The van der Waals surface area contributed by atoms with Crippen LogP contribution in [0.15, 0.2) is 42.6 Å². The Kier molecular flexibility index (Phi) is 3.36. The van der Waals surface area contributed by atoms with Crippen molar-refractivity contribution in [3.05, 3.63) is 53.7 Å². The van der Waals surface area contributed by atoms with Crippen molar-refractivity contribution < 1.29 is 4.74 Å². The third kappa shape index (κ3) is 2.70. The normalized spacial score (nSPS) is 17.6. The van der Waals surface area contributed by atoms with E-state index in [1.807, 2.05) is 12.1 Å². The molecule has 1 aromatic heterocycles. The fourth-order valence-electron chi connectivity index (χ4n) is 2.62. The quantitative estimate of drug-likeness (QED) is 0.914. The minimum atomic E-state index is 0.468. The molecule has 0 saturated heterocycles. The molecule has 1 heterocycles. The van der Waals surface area contributed by atoms with E-state index in [4.69, 9.17) is 4.74 Å². The highest BCUT2D eigenvalue weighted by molar-refractivity contribution is 5.40. The van der Waals surface area contributed by atoms with Crippen molar-refractivity contribution in [3.63, 3.8) is 0 Å². The van der Waals surface area contributed by atoms with Gasteiger partial charge in [0.1, 0.15) is 11.6 Å². The van der Waals surface area contributed by atoms with Crippen LogP contribution in [0.4, 0.5) is 5.82 Å². The summed E-state index contributed by atoms with van der Waals surface area (Å²) in [5.74, 6) is 1.71. The molecule has 3 nitrogen and oxygen atoms in total. The molecule has 19 heavy (non-hydrogen) atoms. The Hall–Kier alpha value is -2.03. The molecule has 2 aromatic rings. The molecule has 1 unspecified atom stereocenters. The molecule has 0 radical (unpaired) electrons. The molecular formula is C16H18N2O. The summed E-state index contributed by atoms with van der Waals surface area (Å²) in [4.78, 5) is 4.36. The molecular weight excluding hydrogens is 236 g/mol. The molecule has 0 fully saturated rings. The average Bonchev–Trinajstić information content (AvgIpc) is 2.48. The Labute approximate surface area is 113 Å². The van der Waals surface area contributed by atoms with Crippen LogP contribution in [-0.4, -0.2) is 18.1 Å². The summed E-state index contributed by atoms with van der Waals surface area (Å²) in [5, 5.41) is 3.51. The predicted molar refractivity (Wildman–Crippen MR) is 76.7 cm³/mol. The van der Waals surface area contributed by atoms with Crippen molar-refractivity contribution in [1.82, 2.24) is 4.98 Å². The number of aryl methyl sites for hydroxylation is 1. The summed E-state index contributed by atoms with van der Waals surface area (Å²) in [6.45, 7) is 0. The number of rotatable bonds is 3. The van der Waals surface area contributed by atoms with E-state index in [1.54, 1.807) is 13.3 Å². The van der Waals surface area contributed by atoms with Gasteiger partial charge < -0.3 is 10.1 Å². The van der Waals surface area contributed by atoms with Crippen LogP contribution in [-0.2, 0) is 12.8 Å². The molecule has 0 saturated carbocycles. The Bertz CT molecular complexity index is 551. The molecule has 1 N–H and O–H groups in total. The van der Waals surface area contributed by atoms with Crippen LogP contribution in [0.1, 0.15) is 17.5 Å². The Morgan fingerprint density at radius 2 is 2.00 bits per heavy atom. The lowest BCUT2D eigenvalue weighted by Gasteiger charge is -2.25. The van der Waals surface area contributed by atoms with E-state index in [0.717, 1.165) is 30.8 Å². The van der Waals surface area contributed by atoms with Crippen molar-refractivity contribution >= 4 is 5.82 Å². The van der Waals surface area contributed by atoms with Crippen molar-refractivity contribution in [3.8, 4) is 5.75 Å². The predicted octanol–water partition coefficient (Wildman–Crippen LogP) is 3.06. The Balaban J connectivity index is 1.68. The van der Waals surface area contributed by atoms with E-state index in [2.05, 4.69) is 34.6 Å². The molecule has 0 bridgehead atoms. The first kappa shape index (κ1) is 12.0. The second-order valence-corrected chi connectivity index (χ2v) is 4.94. The van der Waals surface area contributed by atoms with Gasteiger partial charge in [-0.1, -0.05) is 24.3 Å². The molecule has 1 aliphatic rings. The molecule has 3 heteroatoms. The Morgan fingerprint density at radius 1 is 1.16 bits per heavy atom. The van der Waals surface area contributed by atoms with E-state index in [9.17, 15) is 0 Å². The van der Waals surface area contributed by atoms with Crippen LogP contribution in [0.5, 0.6) is 5.75 Å². The number of nitrogens with one attached hydrogen (secondary N) is 1. The molecule has 1 aromatic carbocycles. The summed E-state index contributed by atoms with van der Waals surface area (Å²) >= 11 is 0. The number of benzene rings is 1. The zero-order valence-electron chi connectivity index (χ0n) is 11.1. The van der Waals surface area contributed by atoms with Crippen LogP contribution < -0.4 is 10.1 Å². The van der Waals surface area contributed by atoms with Crippen molar-refractivity contribution in [2.24, 2.45) is 0 Å².